The van der Waals surface area contributed by atoms with Gasteiger partial charge in [-0.15, -0.1) is 0 Å². The van der Waals surface area contributed by atoms with Crippen LogP contribution in [0.25, 0.3) is 0 Å². The molecule has 0 aromatic heterocycles. The molecule has 1 aliphatic heterocycles. The van der Waals surface area contributed by atoms with Crippen molar-refractivity contribution in [3.63, 3.8) is 0 Å². The first-order valence-electron chi connectivity index (χ1n) is 7.34. The van der Waals surface area contributed by atoms with E-state index in [1.807, 2.05) is 0 Å². The Bertz CT molecular complexity index is 312. The van der Waals surface area contributed by atoms with Gasteiger partial charge in [0.2, 0.25) is 0 Å². The van der Waals surface area contributed by atoms with E-state index in [1.165, 1.54) is 19.3 Å². The molecule has 1 aliphatic rings. The maximum absolute atomic E-state index is 11.3. The number of aliphatic carboxylic acids is 1. The lowest BCUT2D eigenvalue weighted by molar-refractivity contribution is -0.144. The van der Waals surface area contributed by atoms with Gasteiger partial charge in [0, 0.05) is 6.54 Å². The summed E-state index contributed by atoms with van der Waals surface area (Å²) in [5.41, 5.74) is -0.489. The topological polar surface area (TPSA) is 52.6 Å². The standard InChI is InChI=1S/C15H30N2O2/c1-14(2,3)12-7-6-9-17(10-8-12)11-15(4,16-5)13(18)19/h12,16H,6-11H2,1-5H3,(H,18,19). The third kappa shape index (κ3) is 4.46. The van der Waals surface area contributed by atoms with Crippen LogP contribution >= 0.6 is 0 Å². The highest BCUT2D eigenvalue weighted by Gasteiger charge is 2.35. The molecule has 4 nitrogen and oxygen atoms in total. The van der Waals surface area contributed by atoms with Gasteiger partial charge in [0.25, 0.3) is 0 Å². The van der Waals surface area contributed by atoms with E-state index >= 15 is 0 Å². The van der Waals surface area contributed by atoms with E-state index in [4.69, 9.17) is 0 Å². The Balaban J connectivity index is 2.61. The van der Waals surface area contributed by atoms with Crippen molar-refractivity contribution in [3.8, 4) is 0 Å². The predicted octanol–water partition coefficient (Wildman–Crippen LogP) is 2.20. The zero-order chi connectivity index (χ0) is 14.7. The Kier molecular flexibility index (Phi) is 5.39. The Labute approximate surface area is 117 Å². The van der Waals surface area contributed by atoms with E-state index in [1.54, 1.807) is 14.0 Å². The zero-order valence-corrected chi connectivity index (χ0v) is 13.1. The molecule has 4 heteroatoms. The van der Waals surface area contributed by atoms with Crippen molar-refractivity contribution in [2.24, 2.45) is 11.3 Å². The molecule has 2 atom stereocenters. The number of carboxylic acids is 1. The first kappa shape index (κ1) is 16.4. The molecule has 19 heavy (non-hydrogen) atoms. The molecule has 2 N–H and O–H groups in total. The van der Waals surface area contributed by atoms with Crippen molar-refractivity contribution in [2.45, 2.75) is 52.5 Å². The van der Waals surface area contributed by atoms with Gasteiger partial charge in [0.05, 0.1) is 0 Å². The summed E-state index contributed by atoms with van der Waals surface area (Å²) in [6, 6.07) is 0. The first-order valence-corrected chi connectivity index (χ1v) is 7.34. The van der Waals surface area contributed by atoms with Crippen molar-refractivity contribution < 1.29 is 9.90 Å². The van der Waals surface area contributed by atoms with Crippen LogP contribution in [-0.4, -0.2) is 48.2 Å². The maximum atomic E-state index is 11.3. The highest BCUT2D eigenvalue weighted by molar-refractivity contribution is 5.78. The molecule has 1 rings (SSSR count). The van der Waals surface area contributed by atoms with Crippen LogP contribution in [0, 0.1) is 11.3 Å². The quantitative estimate of drug-likeness (QED) is 0.822. The number of hydrogen-bond donors (Lipinski definition) is 2. The molecule has 1 heterocycles. The number of nitrogens with zero attached hydrogens (tertiary/aromatic N) is 1. The molecule has 0 saturated carbocycles. The number of carbonyl (C=O) groups is 1. The predicted molar refractivity (Wildman–Crippen MR) is 78.3 cm³/mol. The van der Waals surface area contributed by atoms with E-state index in [0.29, 0.717) is 12.0 Å². The van der Waals surface area contributed by atoms with Gasteiger partial charge in [0.15, 0.2) is 0 Å². The molecule has 0 bridgehead atoms. The second kappa shape index (κ2) is 6.23. The number of likely N-dealkylation sites (N-methyl/N-ethyl adjacent to an activating group) is 1. The van der Waals surface area contributed by atoms with Crippen molar-refractivity contribution in [2.75, 3.05) is 26.7 Å². The monoisotopic (exact) mass is 270 g/mol. The minimum Gasteiger partial charge on any atom is -0.480 e. The molecule has 0 aromatic rings. The average molecular weight is 270 g/mol. The Morgan fingerprint density at radius 3 is 2.37 bits per heavy atom. The third-order valence-electron chi connectivity index (χ3n) is 4.61. The SMILES string of the molecule is CNC(C)(CN1CCCC(C(C)(C)C)CC1)C(=O)O. The largest absolute Gasteiger partial charge is 0.480 e. The van der Waals surface area contributed by atoms with Crippen LogP contribution in [0.2, 0.25) is 0 Å². The molecule has 112 valence electrons. The fourth-order valence-corrected chi connectivity index (χ4v) is 2.88. The van der Waals surface area contributed by atoms with Crippen LogP contribution in [0.15, 0.2) is 0 Å². The number of likely N-dealkylation sites (tertiary alicyclic amines) is 1. The molecule has 0 amide bonds. The summed E-state index contributed by atoms with van der Waals surface area (Å²) in [4.78, 5) is 13.6. The maximum Gasteiger partial charge on any atom is 0.324 e. The fraction of sp³-hybridized carbons (Fsp3) is 0.933. The highest BCUT2D eigenvalue weighted by Crippen LogP contribution is 2.34. The van der Waals surface area contributed by atoms with Gasteiger partial charge in [-0.1, -0.05) is 20.8 Å². The molecular weight excluding hydrogens is 240 g/mol. The van der Waals surface area contributed by atoms with Crippen LogP contribution in [-0.2, 0) is 4.79 Å². The van der Waals surface area contributed by atoms with Gasteiger partial charge in [0.1, 0.15) is 5.54 Å². The third-order valence-corrected chi connectivity index (χ3v) is 4.61. The summed E-state index contributed by atoms with van der Waals surface area (Å²) in [5, 5.41) is 12.3. The van der Waals surface area contributed by atoms with Crippen LogP contribution in [0.5, 0.6) is 0 Å². The van der Waals surface area contributed by atoms with Crippen molar-refractivity contribution >= 4 is 5.97 Å². The van der Waals surface area contributed by atoms with Crippen LogP contribution in [0.3, 0.4) is 0 Å². The minimum absolute atomic E-state index is 0.356. The molecule has 1 saturated heterocycles. The summed E-state index contributed by atoms with van der Waals surface area (Å²) < 4.78 is 0. The first-order chi connectivity index (χ1) is 8.69. The van der Waals surface area contributed by atoms with Gasteiger partial charge < -0.3 is 15.3 Å². The Morgan fingerprint density at radius 2 is 1.89 bits per heavy atom. The molecule has 0 aliphatic carbocycles. The second-order valence-corrected chi connectivity index (χ2v) is 7.16. The number of rotatable bonds is 4. The van der Waals surface area contributed by atoms with Gasteiger partial charge in [-0.2, -0.15) is 0 Å². The lowest BCUT2D eigenvalue weighted by Gasteiger charge is -2.32. The molecule has 1 fully saturated rings. The fourth-order valence-electron chi connectivity index (χ4n) is 2.88. The van der Waals surface area contributed by atoms with E-state index in [-0.39, 0.29) is 0 Å². The van der Waals surface area contributed by atoms with Gasteiger partial charge in [-0.3, -0.25) is 4.79 Å². The van der Waals surface area contributed by atoms with Gasteiger partial charge in [-0.25, -0.2) is 0 Å². The summed E-state index contributed by atoms with van der Waals surface area (Å²) in [6.45, 7) is 11.3. The van der Waals surface area contributed by atoms with Crippen molar-refractivity contribution in [1.82, 2.24) is 10.2 Å². The van der Waals surface area contributed by atoms with Crippen molar-refractivity contribution in [3.05, 3.63) is 0 Å². The van der Waals surface area contributed by atoms with E-state index in [2.05, 4.69) is 31.0 Å². The van der Waals surface area contributed by atoms with E-state index in [0.717, 1.165) is 19.0 Å². The lowest BCUT2D eigenvalue weighted by Crippen LogP contribution is -2.55. The average Bonchev–Trinajstić information content (AvgIpc) is 2.53. The summed E-state index contributed by atoms with van der Waals surface area (Å²) >= 11 is 0. The van der Waals surface area contributed by atoms with Crippen LogP contribution < -0.4 is 5.32 Å². The molecule has 0 aromatic carbocycles. The molecular formula is C15H30N2O2. The number of hydrogen-bond acceptors (Lipinski definition) is 3. The molecule has 0 spiro atoms. The van der Waals surface area contributed by atoms with E-state index < -0.39 is 11.5 Å². The minimum atomic E-state index is -0.846. The van der Waals surface area contributed by atoms with Gasteiger partial charge in [-0.05, 0) is 57.7 Å². The zero-order valence-electron chi connectivity index (χ0n) is 13.1. The summed E-state index contributed by atoms with van der Waals surface area (Å²) in [5.74, 6) is -0.0326. The highest BCUT2D eigenvalue weighted by atomic mass is 16.4. The summed E-state index contributed by atoms with van der Waals surface area (Å²) in [6.07, 6.45) is 3.59. The number of carboxylic acid groups (broad SMARTS) is 1. The second-order valence-electron chi connectivity index (χ2n) is 7.16. The lowest BCUT2D eigenvalue weighted by atomic mass is 9.77. The summed E-state index contributed by atoms with van der Waals surface area (Å²) in [7, 11) is 1.73. The van der Waals surface area contributed by atoms with E-state index in [9.17, 15) is 9.90 Å². The van der Waals surface area contributed by atoms with Gasteiger partial charge >= 0.3 is 5.97 Å². The normalized spacial score (nSPS) is 25.6. The van der Waals surface area contributed by atoms with Crippen LogP contribution in [0.4, 0.5) is 0 Å². The smallest absolute Gasteiger partial charge is 0.324 e. The molecule has 0 radical (unpaired) electrons. The van der Waals surface area contributed by atoms with Crippen LogP contribution in [0.1, 0.15) is 47.0 Å². The number of nitrogens with one attached hydrogen (secondary N) is 1. The Morgan fingerprint density at radius 1 is 1.26 bits per heavy atom. The Hall–Kier alpha value is -0.610. The van der Waals surface area contributed by atoms with Crippen molar-refractivity contribution in [1.29, 1.82) is 0 Å². The molecule has 2 unspecified atom stereocenters.